The molecule has 0 spiro atoms. The number of hydrogen-bond donors (Lipinski definition) is 5. The number of thiazole rings is 1. The minimum atomic E-state index is -4.97. The molecule has 0 unspecified atom stereocenters. The number of aliphatic hydroxyl groups excluding tert-OH is 1. The van der Waals surface area contributed by atoms with Gasteiger partial charge in [0.2, 0.25) is 6.10 Å². The number of carbonyl (C=O) groups excluding carboxylic acids is 2. The van der Waals surface area contributed by atoms with Gasteiger partial charge < -0.3 is 30.8 Å². The third kappa shape index (κ3) is 7.55. The molecule has 16 nitrogen and oxygen atoms in total. The number of aliphatic hydroxyl groups is 2. The summed E-state index contributed by atoms with van der Waals surface area (Å²) >= 11 is 1.01. The van der Waals surface area contributed by atoms with Gasteiger partial charge in [-0.05, 0) is 63.5 Å². The monoisotopic (exact) mass is 664 g/mol. The molecule has 5 rings (SSSR count). The molecule has 2 aromatic heterocycles. The van der Waals surface area contributed by atoms with Gasteiger partial charge in [-0.2, -0.15) is 13.5 Å². The van der Waals surface area contributed by atoms with Crippen LogP contribution in [0.2, 0.25) is 0 Å². The summed E-state index contributed by atoms with van der Waals surface area (Å²) in [4.78, 5) is 40.0. The number of benzene rings is 1. The van der Waals surface area contributed by atoms with E-state index in [9.17, 15) is 28.2 Å². The predicted molar refractivity (Wildman–Crippen MR) is 160 cm³/mol. The van der Waals surface area contributed by atoms with Crippen LogP contribution in [0.1, 0.15) is 31.7 Å². The largest absolute Gasteiger partial charge is 0.489 e. The summed E-state index contributed by atoms with van der Waals surface area (Å²) in [6.45, 7) is 4.47. The van der Waals surface area contributed by atoms with Gasteiger partial charge in [0.25, 0.3) is 5.91 Å². The van der Waals surface area contributed by atoms with Crippen molar-refractivity contribution >= 4 is 55.2 Å². The molecule has 6 N–H and O–H groups in total. The average molecular weight is 665 g/mol. The highest BCUT2D eigenvalue weighted by Gasteiger charge is 2.57. The van der Waals surface area contributed by atoms with E-state index in [-0.39, 0.29) is 23.1 Å². The van der Waals surface area contributed by atoms with E-state index in [1.807, 2.05) is 12.1 Å². The third-order valence-electron chi connectivity index (χ3n) is 7.57. The molecule has 242 valence electrons. The topological polar surface area (TPSA) is 236 Å². The number of fused-ring (bicyclic) bond motifs is 1. The van der Waals surface area contributed by atoms with Crippen LogP contribution in [0, 0.1) is 11.8 Å². The second kappa shape index (κ2) is 12.9. The van der Waals surface area contributed by atoms with Gasteiger partial charge in [0.15, 0.2) is 22.9 Å². The first-order valence-corrected chi connectivity index (χ1v) is 16.0. The van der Waals surface area contributed by atoms with Gasteiger partial charge >= 0.3 is 10.4 Å². The molecular formula is C27H32N6O10S2. The number of aromatic nitrogens is 2. The van der Waals surface area contributed by atoms with Crippen LogP contribution >= 0.6 is 11.3 Å². The highest BCUT2D eigenvalue weighted by molar-refractivity contribution is 7.80. The number of nitrogens with two attached hydrogens (primary N) is 1. The van der Waals surface area contributed by atoms with Crippen molar-refractivity contribution in [2.45, 2.75) is 44.6 Å². The number of pyridine rings is 1. The number of Topliss-reactive ketones (excluding diaryl/α,β-unsaturated/α-hetero) is 1. The van der Waals surface area contributed by atoms with Gasteiger partial charge in [-0.25, -0.2) is 4.98 Å². The number of hydroxylamine groups is 2. The summed E-state index contributed by atoms with van der Waals surface area (Å²) < 4.78 is 41.3. The highest BCUT2D eigenvalue weighted by Crippen LogP contribution is 2.40. The SMILES string of the molecule is CC1(C)[C@H](CC(=O)/C(=N\O[C@@H](COc2ccc3nc(CC4CNC4)ccc3c2)C(O)O)c2csc(N)n2)C(=O)N1OS(=O)(=O)O. The number of nitrogens with zero attached hydrogens (tertiary/aromatic N) is 4. The van der Waals surface area contributed by atoms with E-state index in [4.69, 9.17) is 24.8 Å². The first-order chi connectivity index (χ1) is 21.2. The Morgan fingerprint density at radius 3 is 2.60 bits per heavy atom. The van der Waals surface area contributed by atoms with Crippen LogP contribution in [-0.4, -0.2) is 93.2 Å². The molecule has 0 bridgehead atoms. The van der Waals surface area contributed by atoms with Gasteiger partial charge in [0, 0.05) is 22.9 Å². The standard InChI is InChI=1S/C27H32N6O10S2/c1-27(2)18(24(35)33(27)43-45(38,39)40)9-21(34)23(20-13-44-26(28)31-20)32-42-22(25(36)37)12-41-17-5-6-19-15(8-17)3-4-16(30-19)7-14-10-29-11-14/h3-6,8,13-14,18,22,25,29,36-37H,7,9-12H2,1-2H3,(H2,28,31)(H,38,39,40)/b32-23-/t18-,22+/m1/s1. The van der Waals surface area contributed by atoms with E-state index in [1.165, 1.54) is 19.2 Å². The van der Waals surface area contributed by atoms with Crippen LogP contribution in [-0.2, 0) is 35.5 Å². The van der Waals surface area contributed by atoms with Gasteiger partial charge in [0.1, 0.15) is 18.1 Å². The molecular weight excluding hydrogens is 632 g/mol. The Labute approximate surface area is 261 Å². The first-order valence-electron chi connectivity index (χ1n) is 13.8. The van der Waals surface area contributed by atoms with Gasteiger partial charge in [-0.3, -0.25) is 19.1 Å². The van der Waals surface area contributed by atoms with E-state index >= 15 is 0 Å². The molecule has 2 aliphatic heterocycles. The van der Waals surface area contributed by atoms with Gasteiger partial charge in [-0.1, -0.05) is 11.2 Å². The smallest absolute Gasteiger partial charge is 0.418 e. The van der Waals surface area contributed by atoms with E-state index in [0.717, 1.165) is 47.4 Å². The van der Waals surface area contributed by atoms with Crippen molar-refractivity contribution in [1.29, 1.82) is 0 Å². The minimum absolute atomic E-state index is 0.0141. The lowest BCUT2D eigenvalue weighted by Crippen LogP contribution is -2.68. The molecule has 0 aliphatic carbocycles. The number of hydrogen-bond acceptors (Lipinski definition) is 15. The lowest BCUT2D eigenvalue weighted by molar-refractivity contribution is -0.228. The molecule has 4 heterocycles. The summed E-state index contributed by atoms with van der Waals surface area (Å²) in [5.74, 6) is -1.66. The van der Waals surface area contributed by atoms with Crippen molar-refractivity contribution in [2.75, 3.05) is 25.4 Å². The number of anilines is 1. The summed E-state index contributed by atoms with van der Waals surface area (Å²) in [6.07, 6.45) is -3.08. The number of ether oxygens (including phenoxy) is 1. The third-order valence-corrected chi connectivity index (χ3v) is 8.58. The van der Waals surface area contributed by atoms with Crippen LogP contribution in [0.4, 0.5) is 5.13 Å². The second-order valence-corrected chi connectivity index (χ2v) is 13.1. The van der Waals surface area contributed by atoms with Crippen LogP contribution in [0.15, 0.2) is 40.9 Å². The van der Waals surface area contributed by atoms with Crippen molar-refractivity contribution < 1.29 is 46.6 Å². The maximum Gasteiger partial charge on any atom is 0.418 e. The van der Waals surface area contributed by atoms with E-state index < -0.39 is 52.4 Å². The number of nitrogen functional groups attached to an aromatic ring is 1. The summed E-state index contributed by atoms with van der Waals surface area (Å²) in [6, 6.07) is 9.14. The van der Waals surface area contributed by atoms with Gasteiger partial charge in [-0.15, -0.1) is 15.6 Å². The Kier molecular flexibility index (Phi) is 9.36. The fraction of sp³-hybridized carbons (Fsp3) is 0.444. The molecule has 2 atom stereocenters. The lowest BCUT2D eigenvalue weighted by Gasteiger charge is -2.50. The van der Waals surface area contributed by atoms with E-state index in [2.05, 4.69) is 19.7 Å². The molecule has 2 aliphatic rings. The zero-order chi connectivity index (χ0) is 32.5. The summed E-state index contributed by atoms with van der Waals surface area (Å²) in [7, 11) is -4.97. The van der Waals surface area contributed by atoms with Crippen LogP contribution < -0.4 is 15.8 Å². The number of ketones is 1. The molecule has 18 heteroatoms. The Hall–Kier alpha value is -3.78. The fourth-order valence-corrected chi connectivity index (χ4v) is 5.90. The Balaban J connectivity index is 1.27. The lowest BCUT2D eigenvalue weighted by atomic mass is 9.74. The first kappa shape index (κ1) is 32.6. The summed E-state index contributed by atoms with van der Waals surface area (Å²) in [5, 5.41) is 29.8. The number of nitrogens with one attached hydrogen (secondary N) is 1. The quantitative estimate of drug-likeness (QED) is 0.0517. The van der Waals surface area contributed by atoms with Crippen LogP contribution in [0.25, 0.3) is 10.9 Å². The molecule has 1 aromatic carbocycles. The Morgan fingerprint density at radius 1 is 1.24 bits per heavy atom. The average Bonchev–Trinajstić information content (AvgIpc) is 3.38. The van der Waals surface area contributed by atoms with Crippen molar-refractivity contribution in [3.8, 4) is 5.75 Å². The maximum atomic E-state index is 13.3. The summed E-state index contributed by atoms with van der Waals surface area (Å²) in [5.41, 5.74) is 5.87. The zero-order valence-electron chi connectivity index (χ0n) is 24.2. The number of amides is 1. The number of rotatable bonds is 14. The second-order valence-electron chi connectivity index (χ2n) is 11.2. The number of oxime groups is 1. The molecule has 0 saturated carbocycles. The van der Waals surface area contributed by atoms with E-state index in [1.54, 1.807) is 18.2 Å². The normalized spacial score (nSPS) is 19.3. The van der Waals surface area contributed by atoms with Crippen molar-refractivity contribution in [3.05, 3.63) is 47.1 Å². The van der Waals surface area contributed by atoms with Gasteiger partial charge in [0.05, 0.1) is 17.0 Å². The minimum Gasteiger partial charge on any atom is -0.489 e. The van der Waals surface area contributed by atoms with Crippen LogP contribution in [0.3, 0.4) is 0 Å². The maximum absolute atomic E-state index is 13.3. The fourth-order valence-electron chi connectivity index (χ4n) is 4.89. The molecule has 2 saturated heterocycles. The Morgan fingerprint density at radius 2 is 2.00 bits per heavy atom. The molecule has 3 aromatic rings. The molecule has 1 amide bonds. The highest BCUT2D eigenvalue weighted by atomic mass is 32.3. The molecule has 2 fully saturated rings. The molecule has 45 heavy (non-hydrogen) atoms. The molecule has 0 radical (unpaired) electrons. The van der Waals surface area contributed by atoms with Crippen LogP contribution in [0.5, 0.6) is 5.75 Å². The number of carbonyl (C=O) groups is 2. The van der Waals surface area contributed by atoms with E-state index in [0.29, 0.717) is 16.7 Å². The predicted octanol–water partition coefficient (Wildman–Crippen LogP) is 0.445. The van der Waals surface area contributed by atoms with Crippen molar-refractivity contribution in [3.63, 3.8) is 0 Å². The van der Waals surface area contributed by atoms with Crippen molar-refractivity contribution in [2.24, 2.45) is 17.0 Å². The Bertz CT molecular complexity index is 1720. The number of β-lactam (4-membered cyclic amide) rings is 1. The van der Waals surface area contributed by atoms with Crippen molar-refractivity contribution in [1.82, 2.24) is 20.3 Å². The zero-order valence-corrected chi connectivity index (χ0v) is 25.8.